The number of rotatable bonds is 8. The molecule has 12 aromatic rings. The van der Waals surface area contributed by atoms with Gasteiger partial charge in [0.1, 0.15) is 11.2 Å². The predicted molar refractivity (Wildman–Crippen MR) is 262 cm³/mol. The first-order chi connectivity index (χ1) is 30.5. The second kappa shape index (κ2) is 14.0. The van der Waals surface area contributed by atoms with Crippen molar-refractivity contribution in [2.75, 3.05) is 9.80 Å². The number of hydrogen-bond acceptors (Lipinski definition) is 4. The predicted octanol–water partition coefficient (Wildman–Crippen LogP) is 17.1. The van der Waals surface area contributed by atoms with Gasteiger partial charge in [0.25, 0.3) is 0 Å². The van der Waals surface area contributed by atoms with Crippen molar-refractivity contribution >= 4 is 110 Å². The summed E-state index contributed by atoms with van der Waals surface area (Å²) in [6, 6.07) is 62.0. The third-order valence-electron chi connectivity index (χ3n) is 13.0. The zero-order chi connectivity index (χ0) is 41.6. The molecule has 2 heterocycles. The van der Waals surface area contributed by atoms with E-state index < -0.39 is 0 Å². The smallest absolute Gasteiger partial charge is 0.159 e. The Morgan fingerprint density at radius 3 is 1.24 bits per heavy atom. The summed E-state index contributed by atoms with van der Waals surface area (Å²) in [4.78, 5) is 4.91. The van der Waals surface area contributed by atoms with Gasteiger partial charge in [-0.3, -0.25) is 0 Å². The maximum atomic E-state index is 6.85. The molecule has 0 aliphatic heterocycles. The lowest BCUT2D eigenvalue weighted by Gasteiger charge is -2.31. The number of fused-ring (bicyclic) bond motifs is 6. The van der Waals surface area contributed by atoms with Gasteiger partial charge in [-0.25, -0.2) is 0 Å². The van der Waals surface area contributed by atoms with E-state index in [1.807, 2.05) is 0 Å². The van der Waals surface area contributed by atoms with Crippen LogP contribution in [0.2, 0.25) is 0 Å². The van der Waals surface area contributed by atoms with Gasteiger partial charge < -0.3 is 18.6 Å². The highest BCUT2D eigenvalue weighted by atomic mass is 16.3. The Labute approximate surface area is 360 Å². The number of furan rings is 2. The second-order valence-electron chi connectivity index (χ2n) is 16.7. The summed E-state index contributed by atoms with van der Waals surface area (Å²) in [5, 5.41) is 11.8. The van der Waals surface area contributed by atoms with E-state index in [1.54, 1.807) is 0 Å². The average molecular weight is 801 g/mol. The molecule has 62 heavy (non-hydrogen) atoms. The van der Waals surface area contributed by atoms with Crippen molar-refractivity contribution in [2.45, 2.75) is 40.5 Å². The van der Waals surface area contributed by atoms with E-state index in [1.165, 1.54) is 54.6 Å². The average Bonchev–Trinajstić information content (AvgIpc) is 3.88. The summed E-state index contributed by atoms with van der Waals surface area (Å²) in [5.41, 5.74) is 15.0. The van der Waals surface area contributed by atoms with Crippen molar-refractivity contribution in [3.8, 4) is 0 Å². The zero-order valence-corrected chi connectivity index (χ0v) is 35.3. The van der Waals surface area contributed by atoms with Crippen molar-refractivity contribution < 1.29 is 8.83 Å². The number of aryl methyl sites for hydroxylation is 4. The molecule has 0 radical (unpaired) electrons. The first-order valence-electron chi connectivity index (χ1n) is 21.8. The van der Waals surface area contributed by atoms with E-state index in [9.17, 15) is 0 Å². The van der Waals surface area contributed by atoms with Crippen LogP contribution < -0.4 is 9.80 Å². The topological polar surface area (TPSA) is 32.8 Å². The normalized spacial score (nSPS) is 12.0. The largest absolute Gasteiger partial charge is 0.454 e. The molecule has 0 saturated heterocycles. The molecule has 4 heteroatoms. The molecule has 2 aromatic heterocycles. The van der Waals surface area contributed by atoms with E-state index in [-0.39, 0.29) is 0 Å². The minimum Gasteiger partial charge on any atom is -0.454 e. The molecule has 4 nitrogen and oxygen atoms in total. The van der Waals surface area contributed by atoms with E-state index in [2.05, 4.69) is 207 Å². The van der Waals surface area contributed by atoms with Crippen LogP contribution in [0.15, 0.2) is 179 Å². The van der Waals surface area contributed by atoms with Crippen molar-refractivity contribution in [1.82, 2.24) is 0 Å². The highest BCUT2D eigenvalue weighted by Gasteiger charge is 2.28. The number of hydrogen-bond donors (Lipinski definition) is 0. The summed E-state index contributed by atoms with van der Waals surface area (Å²) < 4.78 is 13.7. The van der Waals surface area contributed by atoms with Crippen LogP contribution in [0.25, 0.3) is 76.2 Å². The number of anilines is 6. The molecule has 0 N–H and O–H groups in total. The lowest BCUT2D eigenvalue weighted by molar-refractivity contribution is 0.668. The monoisotopic (exact) mass is 800 g/mol. The van der Waals surface area contributed by atoms with Crippen LogP contribution in [0.1, 0.15) is 36.1 Å². The molecular formula is C58H44N2O2. The lowest BCUT2D eigenvalue weighted by Crippen LogP contribution is -2.14. The fourth-order valence-electron chi connectivity index (χ4n) is 10.2. The Morgan fingerprint density at radius 1 is 0.387 bits per heavy atom. The third-order valence-corrected chi connectivity index (χ3v) is 13.0. The van der Waals surface area contributed by atoms with Gasteiger partial charge in [-0.2, -0.15) is 0 Å². The molecule has 0 aliphatic rings. The lowest BCUT2D eigenvalue weighted by atomic mass is 9.91. The maximum Gasteiger partial charge on any atom is 0.159 e. The quantitative estimate of drug-likeness (QED) is 0.143. The van der Waals surface area contributed by atoms with Gasteiger partial charge >= 0.3 is 0 Å². The van der Waals surface area contributed by atoms with Gasteiger partial charge in [-0.1, -0.05) is 135 Å². The van der Waals surface area contributed by atoms with E-state index in [4.69, 9.17) is 8.83 Å². The van der Waals surface area contributed by atoms with E-state index >= 15 is 0 Å². The first kappa shape index (κ1) is 36.3. The molecule has 12 rings (SSSR count). The van der Waals surface area contributed by atoms with Gasteiger partial charge in [0, 0.05) is 43.7 Å². The number of nitrogens with zero attached hydrogens (tertiary/aromatic N) is 2. The fraction of sp³-hybridized carbons (Fsp3) is 0.103. The molecule has 298 valence electrons. The molecular weight excluding hydrogens is 757 g/mol. The first-order valence-corrected chi connectivity index (χ1v) is 21.8. The highest BCUT2D eigenvalue weighted by Crippen LogP contribution is 2.51. The molecule has 0 aliphatic carbocycles. The van der Waals surface area contributed by atoms with Crippen molar-refractivity contribution in [1.29, 1.82) is 0 Å². The van der Waals surface area contributed by atoms with Crippen LogP contribution in [-0.2, 0) is 12.8 Å². The Morgan fingerprint density at radius 2 is 0.806 bits per heavy atom. The summed E-state index contributed by atoms with van der Waals surface area (Å²) in [6.45, 7) is 8.82. The van der Waals surface area contributed by atoms with Crippen molar-refractivity contribution in [3.05, 3.63) is 192 Å². The van der Waals surface area contributed by atoms with Crippen LogP contribution >= 0.6 is 0 Å². The standard InChI is InChI=1S/C58H44N2O2/c1-5-37-21-27-45-43-17-7-9-19-51(43)61-57(45)55(37)59(41-15-11-13-35(3)33-41)49-31-25-39-24-30-48-50(32-26-40-23-29-47(49)53(39)54(40)48)60(42-16-12-14-36(4)34-42)56-38(6-2)22-28-46-44-18-8-10-20-52(44)62-58(46)56/h7-34H,5-6H2,1-4H3. The molecule has 0 fully saturated rings. The Bertz CT molecular complexity index is 3480. The molecule has 0 amide bonds. The van der Waals surface area contributed by atoms with Gasteiger partial charge in [-0.15, -0.1) is 0 Å². The van der Waals surface area contributed by atoms with Gasteiger partial charge in [0.15, 0.2) is 11.2 Å². The maximum absolute atomic E-state index is 6.85. The molecule has 0 atom stereocenters. The summed E-state index contributed by atoms with van der Waals surface area (Å²) in [7, 11) is 0. The minimum atomic E-state index is 0.854. The van der Waals surface area contributed by atoms with Gasteiger partial charge in [-0.05, 0) is 119 Å². The Kier molecular flexibility index (Phi) is 8.20. The Hall–Kier alpha value is -7.56. The summed E-state index contributed by atoms with van der Waals surface area (Å²) >= 11 is 0. The van der Waals surface area contributed by atoms with Gasteiger partial charge in [0.05, 0.1) is 22.7 Å². The number of benzene rings is 10. The molecule has 0 unspecified atom stereocenters. The highest BCUT2D eigenvalue weighted by molar-refractivity contribution is 6.29. The summed E-state index contributed by atoms with van der Waals surface area (Å²) in [6.07, 6.45) is 1.71. The zero-order valence-electron chi connectivity index (χ0n) is 35.3. The minimum absolute atomic E-state index is 0.854. The molecule has 0 spiro atoms. The number of para-hydroxylation sites is 2. The van der Waals surface area contributed by atoms with Crippen LogP contribution in [-0.4, -0.2) is 0 Å². The second-order valence-corrected chi connectivity index (χ2v) is 16.7. The SMILES string of the molecule is CCc1ccc2c(oc3ccccc32)c1N(c1cccc(C)c1)c1ccc2ccc3c(N(c4cccc(C)c4)c4c(CC)ccc5c4oc4ccccc45)ccc4ccc1c2c43. The van der Waals surface area contributed by atoms with Crippen LogP contribution in [0, 0.1) is 13.8 Å². The van der Waals surface area contributed by atoms with Crippen LogP contribution in [0.4, 0.5) is 34.1 Å². The van der Waals surface area contributed by atoms with E-state index in [0.717, 1.165) is 90.8 Å². The molecule has 0 saturated carbocycles. The molecule has 10 aromatic carbocycles. The van der Waals surface area contributed by atoms with Gasteiger partial charge in [0.2, 0.25) is 0 Å². The fourth-order valence-corrected chi connectivity index (χ4v) is 10.2. The Balaban J connectivity index is 1.16. The summed E-state index contributed by atoms with van der Waals surface area (Å²) in [5.74, 6) is 0. The van der Waals surface area contributed by atoms with Crippen molar-refractivity contribution in [3.63, 3.8) is 0 Å². The van der Waals surface area contributed by atoms with E-state index in [0.29, 0.717) is 0 Å². The van der Waals surface area contributed by atoms with Crippen LogP contribution in [0.5, 0.6) is 0 Å². The van der Waals surface area contributed by atoms with Crippen LogP contribution in [0.3, 0.4) is 0 Å². The molecule has 0 bridgehead atoms. The van der Waals surface area contributed by atoms with Crippen molar-refractivity contribution in [2.24, 2.45) is 0 Å². The third kappa shape index (κ3) is 5.39.